The van der Waals surface area contributed by atoms with Gasteiger partial charge in [0, 0.05) is 24.3 Å². The number of anilines is 1. The first-order chi connectivity index (χ1) is 7.58. The summed E-state index contributed by atoms with van der Waals surface area (Å²) in [6, 6.07) is 4.39. The molecule has 2 rings (SSSR count). The van der Waals surface area contributed by atoms with Crippen molar-refractivity contribution < 1.29 is 0 Å². The van der Waals surface area contributed by atoms with E-state index in [0.29, 0.717) is 11.0 Å². The minimum atomic E-state index is 0.434. The number of nitrogens with two attached hydrogens (primary N) is 1. The molecule has 0 aromatic carbocycles. The molecular formula is C12H17N3S. The third-order valence-corrected chi connectivity index (χ3v) is 3.34. The quantitative estimate of drug-likeness (QED) is 0.796. The summed E-state index contributed by atoms with van der Waals surface area (Å²) in [5.41, 5.74) is 6.52. The SMILES string of the molecule is CC1CC(C)N(c2cc(C(N)=S)ccn2)C1. The summed E-state index contributed by atoms with van der Waals surface area (Å²) in [6.07, 6.45) is 3.00. The Morgan fingerprint density at radius 3 is 2.88 bits per heavy atom. The molecule has 0 bridgehead atoms. The predicted octanol–water partition coefficient (Wildman–Crippen LogP) is 1.95. The number of pyridine rings is 1. The minimum Gasteiger partial charge on any atom is -0.389 e. The Kier molecular flexibility index (Phi) is 3.10. The third kappa shape index (κ3) is 2.16. The van der Waals surface area contributed by atoms with E-state index in [0.717, 1.165) is 23.8 Å². The van der Waals surface area contributed by atoms with Crippen LogP contribution in [0.25, 0.3) is 0 Å². The Bertz CT molecular complexity index is 405. The van der Waals surface area contributed by atoms with Gasteiger partial charge in [0.25, 0.3) is 0 Å². The number of rotatable bonds is 2. The summed E-state index contributed by atoms with van der Waals surface area (Å²) >= 11 is 4.98. The van der Waals surface area contributed by atoms with E-state index in [2.05, 4.69) is 23.7 Å². The number of nitrogens with zero attached hydrogens (tertiary/aromatic N) is 2. The van der Waals surface area contributed by atoms with Gasteiger partial charge in [-0.3, -0.25) is 0 Å². The van der Waals surface area contributed by atoms with Crippen molar-refractivity contribution in [3.05, 3.63) is 23.9 Å². The van der Waals surface area contributed by atoms with Crippen LogP contribution >= 0.6 is 12.2 Å². The van der Waals surface area contributed by atoms with E-state index >= 15 is 0 Å². The summed E-state index contributed by atoms with van der Waals surface area (Å²) in [5, 5.41) is 0. The maximum atomic E-state index is 5.63. The molecule has 3 nitrogen and oxygen atoms in total. The molecule has 1 saturated heterocycles. The van der Waals surface area contributed by atoms with Gasteiger partial charge in [-0.1, -0.05) is 19.1 Å². The van der Waals surface area contributed by atoms with Crippen molar-refractivity contribution in [1.29, 1.82) is 0 Å². The second-order valence-electron chi connectivity index (χ2n) is 4.61. The molecule has 1 aliphatic rings. The number of aromatic nitrogens is 1. The van der Waals surface area contributed by atoms with Crippen molar-refractivity contribution in [2.24, 2.45) is 11.7 Å². The first-order valence-corrected chi connectivity index (χ1v) is 6.01. The van der Waals surface area contributed by atoms with Gasteiger partial charge in [-0.15, -0.1) is 0 Å². The van der Waals surface area contributed by atoms with Gasteiger partial charge >= 0.3 is 0 Å². The summed E-state index contributed by atoms with van der Waals surface area (Å²) < 4.78 is 0. The van der Waals surface area contributed by atoms with Crippen LogP contribution in [-0.4, -0.2) is 22.6 Å². The highest BCUT2D eigenvalue weighted by atomic mass is 32.1. The smallest absolute Gasteiger partial charge is 0.129 e. The van der Waals surface area contributed by atoms with Crippen LogP contribution in [0.3, 0.4) is 0 Å². The average Bonchev–Trinajstić information content (AvgIpc) is 2.58. The van der Waals surface area contributed by atoms with Crippen molar-refractivity contribution in [3.63, 3.8) is 0 Å². The Morgan fingerprint density at radius 2 is 2.31 bits per heavy atom. The van der Waals surface area contributed by atoms with E-state index < -0.39 is 0 Å². The highest BCUT2D eigenvalue weighted by molar-refractivity contribution is 7.80. The summed E-state index contributed by atoms with van der Waals surface area (Å²) in [7, 11) is 0. The first-order valence-electron chi connectivity index (χ1n) is 5.60. The number of hydrogen-bond acceptors (Lipinski definition) is 3. The van der Waals surface area contributed by atoms with Crippen LogP contribution < -0.4 is 10.6 Å². The van der Waals surface area contributed by atoms with Crippen molar-refractivity contribution in [3.8, 4) is 0 Å². The Morgan fingerprint density at radius 1 is 1.56 bits per heavy atom. The lowest BCUT2D eigenvalue weighted by Gasteiger charge is -2.22. The van der Waals surface area contributed by atoms with Crippen LogP contribution in [0.1, 0.15) is 25.8 Å². The van der Waals surface area contributed by atoms with E-state index in [1.165, 1.54) is 6.42 Å². The fourth-order valence-corrected chi connectivity index (χ4v) is 2.47. The van der Waals surface area contributed by atoms with E-state index in [9.17, 15) is 0 Å². The monoisotopic (exact) mass is 235 g/mol. The molecule has 1 aliphatic heterocycles. The molecule has 2 heterocycles. The second-order valence-corrected chi connectivity index (χ2v) is 5.05. The molecule has 0 saturated carbocycles. The van der Waals surface area contributed by atoms with Gasteiger partial charge in [0.1, 0.15) is 10.8 Å². The molecule has 2 unspecified atom stereocenters. The number of thiocarbonyl (C=S) groups is 1. The molecule has 0 spiro atoms. The van der Waals surface area contributed by atoms with Crippen LogP contribution in [0, 0.1) is 5.92 Å². The highest BCUT2D eigenvalue weighted by Crippen LogP contribution is 2.27. The van der Waals surface area contributed by atoms with Gasteiger partial charge in [-0.2, -0.15) is 0 Å². The first kappa shape index (κ1) is 11.3. The lowest BCUT2D eigenvalue weighted by atomic mass is 10.1. The highest BCUT2D eigenvalue weighted by Gasteiger charge is 2.27. The summed E-state index contributed by atoms with van der Waals surface area (Å²) in [4.78, 5) is 7.16. The van der Waals surface area contributed by atoms with Gasteiger partial charge < -0.3 is 10.6 Å². The van der Waals surface area contributed by atoms with E-state index in [1.807, 2.05) is 12.1 Å². The van der Waals surface area contributed by atoms with E-state index in [1.54, 1.807) is 6.20 Å². The van der Waals surface area contributed by atoms with Crippen molar-refractivity contribution in [2.75, 3.05) is 11.4 Å². The number of hydrogen-bond donors (Lipinski definition) is 1. The van der Waals surface area contributed by atoms with Crippen LogP contribution in [0.5, 0.6) is 0 Å². The molecule has 1 aromatic heterocycles. The van der Waals surface area contributed by atoms with Crippen LogP contribution in [0.4, 0.5) is 5.82 Å². The van der Waals surface area contributed by atoms with Gasteiger partial charge in [0.2, 0.25) is 0 Å². The summed E-state index contributed by atoms with van der Waals surface area (Å²) in [6.45, 7) is 5.57. The van der Waals surface area contributed by atoms with E-state index in [4.69, 9.17) is 18.0 Å². The molecule has 0 radical (unpaired) electrons. The maximum absolute atomic E-state index is 5.63. The van der Waals surface area contributed by atoms with Crippen LogP contribution in [0.15, 0.2) is 18.3 Å². The van der Waals surface area contributed by atoms with E-state index in [-0.39, 0.29) is 0 Å². The lowest BCUT2D eigenvalue weighted by molar-refractivity contribution is 0.625. The second kappa shape index (κ2) is 4.37. The predicted molar refractivity (Wildman–Crippen MR) is 70.7 cm³/mol. The van der Waals surface area contributed by atoms with Gasteiger partial charge in [-0.05, 0) is 31.4 Å². The molecule has 4 heteroatoms. The zero-order valence-electron chi connectivity index (χ0n) is 9.68. The molecule has 86 valence electrons. The Hall–Kier alpha value is -1.16. The average molecular weight is 235 g/mol. The van der Waals surface area contributed by atoms with Gasteiger partial charge in [-0.25, -0.2) is 4.98 Å². The standard InChI is InChI=1S/C12H17N3S/c1-8-5-9(2)15(7-8)11-6-10(12(13)16)3-4-14-11/h3-4,6,8-9H,5,7H2,1-2H3,(H2,13,16). The molecule has 1 aromatic rings. The van der Waals surface area contributed by atoms with Crippen LogP contribution in [0.2, 0.25) is 0 Å². The molecule has 0 amide bonds. The molecule has 16 heavy (non-hydrogen) atoms. The fourth-order valence-electron chi connectivity index (χ4n) is 2.35. The Labute approximate surface area is 102 Å². The van der Waals surface area contributed by atoms with Crippen molar-refractivity contribution in [1.82, 2.24) is 4.98 Å². The fraction of sp³-hybridized carbons (Fsp3) is 0.500. The maximum Gasteiger partial charge on any atom is 0.129 e. The lowest BCUT2D eigenvalue weighted by Crippen LogP contribution is -2.27. The van der Waals surface area contributed by atoms with Crippen molar-refractivity contribution >= 4 is 23.0 Å². The normalized spacial score (nSPS) is 24.8. The molecule has 2 atom stereocenters. The molecule has 1 fully saturated rings. The molecule has 2 N–H and O–H groups in total. The Balaban J connectivity index is 2.27. The van der Waals surface area contributed by atoms with Crippen LogP contribution in [-0.2, 0) is 0 Å². The van der Waals surface area contributed by atoms with Gasteiger partial charge in [0.15, 0.2) is 0 Å². The third-order valence-electron chi connectivity index (χ3n) is 3.11. The zero-order chi connectivity index (χ0) is 11.7. The topological polar surface area (TPSA) is 42.1 Å². The van der Waals surface area contributed by atoms with Gasteiger partial charge in [0.05, 0.1) is 0 Å². The summed E-state index contributed by atoms with van der Waals surface area (Å²) in [5.74, 6) is 1.72. The molecular weight excluding hydrogens is 218 g/mol. The zero-order valence-corrected chi connectivity index (χ0v) is 10.5. The minimum absolute atomic E-state index is 0.434. The van der Waals surface area contributed by atoms with Crippen molar-refractivity contribution in [2.45, 2.75) is 26.3 Å². The largest absolute Gasteiger partial charge is 0.389 e. The molecule has 0 aliphatic carbocycles.